The van der Waals surface area contributed by atoms with Crippen LogP contribution in [0.25, 0.3) is 0 Å². The molecule has 0 atom stereocenters. The van der Waals surface area contributed by atoms with E-state index in [1.165, 1.54) is 0 Å². The third-order valence-electron chi connectivity index (χ3n) is 4.08. The summed E-state index contributed by atoms with van der Waals surface area (Å²) in [7, 11) is -1.27. The van der Waals surface area contributed by atoms with E-state index in [4.69, 9.17) is 5.73 Å². The summed E-state index contributed by atoms with van der Waals surface area (Å²) in [6.07, 6.45) is 0. The Hall–Kier alpha value is -0.250. The molecule has 0 unspecified atom stereocenters. The highest BCUT2D eigenvalue weighted by molar-refractivity contribution is 7.86. The van der Waals surface area contributed by atoms with Crippen molar-refractivity contribution in [1.82, 2.24) is 18.4 Å². The molecule has 0 aromatic rings. The van der Waals surface area contributed by atoms with E-state index in [0.717, 1.165) is 32.7 Å². The first-order chi connectivity index (χ1) is 9.68. The van der Waals surface area contributed by atoms with E-state index in [9.17, 15) is 8.42 Å². The van der Waals surface area contributed by atoms with Gasteiger partial charge >= 0.3 is 0 Å². The highest BCUT2D eigenvalue weighted by Crippen LogP contribution is 2.15. The van der Waals surface area contributed by atoms with Gasteiger partial charge in [-0.3, -0.25) is 4.90 Å². The molecule has 2 aliphatic rings. The Labute approximate surface area is 128 Å². The predicted molar refractivity (Wildman–Crippen MR) is 84.3 cm³/mol. The van der Waals surface area contributed by atoms with E-state index in [-0.39, 0.29) is 5.54 Å². The van der Waals surface area contributed by atoms with Crippen molar-refractivity contribution in [2.75, 3.05) is 66.0 Å². The Bertz CT molecular complexity index is 432. The minimum atomic E-state index is -3.29. The van der Waals surface area contributed by atoms with Gasteiger partial charge in [0, 0.05) is 64.4 Å². The first-order valence-corrected chi connectivity index (χ1v) is 9.03. The zero-order valence-electron chi connectivity index (χ0n) is 13.5. The average Bonchev–Trinajstić information content (AvgIpc) is 2.38. The predicted octanol–water partition coefficient (Wildman–Crippen LogP) is -1.17. The van der Waals surface area contributed by atoms with Crippen LogP contribution in [0.2, 0.25) is 0 Å². The van der Waals surface area contributed by atoms with Gasteiger partial charge in [-0.25, -0.2) is 0 Å². The van der Waals surface area contributed by atoms with Crippen molar-refractivity contribution in [3.8, 4) is 0 Å². The lowest BCUT2D eigenvalue weighted by Crippen LogP contribution is -2.58. The second-order valence-corrected chi connectivity index (χ2v) is 8.80. The van der Waals surface area contributed by atoms with Crippen molar-refractivity contribution in [3.05, 3.63) is 0 Å². The van der Waals surface area contributed by atoms with Crippen molar-refractivity contribution in [3.63, 3.8) is 0 Å². The molecule has 2 heterocycles. The summed E-state index contributed by atoms with van der Waals surface area (Å²) in [6.45, 7) is 10.2. The lowest BCUT2D eigenvalue weighted by Gasteiger charge is -2.40. The van der Waals surface area contributed by atoms with Gasteiger partial charge in [-0.1, -0.05) is 0 Å². The van der Waals surface area contributed by atoms with E-state index >= 15 is 0 Å². The largest absolute Gasteiger partial charge is 0.324 e. The highest BCUT2D eigenvalue weighted by Gasteiger charge is 2.34. The monoisotopic (exact) mass is 319 g/mol. The molecule has 7 nitrogen and oxygen atoms in total. The molecule has 0 aromatic heterocycles. The molecular weight excluding hydrogens is 290 g/mol. The second kappa shape index (κ2) is 6.47. The topological polar surface area (TPSA) is 73.1 Å². The molecule has 2 saturated heterocycles. The Morgan fingerprint density at radius 1 is 0.905 bits per heavy atom. The zero-order valence-corrected chi connectivity index (χ0v) is 14.3. The van der Waals surface area contributed by atoms with Gasteiger partial charge in [-0.15, -0.1) is 0 Å². The number of nitrogens with two attached hydrogens (primary N) is 1. The van der Waals surface area contributed by atoms with Gasteiger partial charge in [-0.05, 0) is 20.9 Å². The number of piperazine rings is 2. The molecule has 0 spiro atoms. The van der Waals surface area contributed by atoms with E-state index in [1.54, 1.807) is 8.61 Å². The van der Waals surface area contributed by atoms with Crippen LogP contribution in [0.1, 0.15) is 13.8 Å². The van der Waals surface area contributed by atoms with E-state index < -0.39 is 10.2 Å². The molecule has 0 bridgehead atoms. The molecule has 21 heavy (non-hydrogen) atoms. The molecule has 2 rings (SSSR count). The summed E-state index contributed by atoms with van der Waals surface area (Å²) in [6, 6.07) is 0. The van der Waals surface area contributed by atoms with E-state index in [0.29, 0.717) is 26.2 Å². The molecular formula is C13H29N5O2S. The average molecular weight is 319 g/mol. The maximum atomic E-state index is 12.6. The maximum Gasteiger partial charge on any atom is 0.282 e. The molecule has 2 aliphatic heterocycles. The van der Waals surface area contributed by atoms with Crippen LogP contribution in [0.5, 0.6) is 0 Å². The molecule has 2 fully saturated rings. The first-order valence-electron chi connectivity index (χ1n) is 7.63. The number of nitrogens with zero attached hydrogens (tertiary/aromatic N) is 4. The third kappa shape index (κ3) is 4.61. The Balaban J connectivity index is 1.89. The third-order valence-corrected chi connectivity index (χ3v) is 6.11. The smallest absolute Gasteiger partial charge is 0.282 e. The summed E-state index contributed by atoms with van der Waals surface area (Å²) >= 11 is 0. The molecule has 0 radical (unpaired) electrons. The standard InChI is InChI=1S/C13H29N5O2S/c1-13(2,14)12-16-6-10-18(11-7-16)21(19,20)17-8-4-15(3)5-9-17/h4-12,14H2,1-3H3. The minimum Gasteiger partial charge on any atom is -0.324 e. The number of hydrogen-bond donors (Lipinski definition) is 1. The van der Waals surface area contributed by atoms with Crippen LogP contribution in [-0.4, -0.2) is 98.3 Å². The molecule has 8 heteroatoms. The summed E-state index contributed by atoms with van der Waals surface area (Å²) < 4.78 is 28.5. The number of likely N-dealkylation sites (N-methyl/N-ethyl adjacent to an activating group) is 1. The van der Waals surface area contributed by atoms with Gasteiger partial charge in [0.25, 0.3) is 10.2 Å². The fourth-order valence-electron chi connectivity index (χ4n) is 2.88. The van der Waals surface area contributed by atoms with E-state index in [1.807, 2.05) is 20.9 Å². The van der Waals surface area contributed by atoms with Gasteiger partial charge in [0.1, 0.15) is 0 Å². The van der Waals surface area contributed by atoms with Crippen LogP contribution in [0.4, 0.5) is 0 Å². The van der Waals surface area contributed by atoms with Crippen molar-refractivity contribution in [2.24, 2.45) is 5.73 Å². The fourth-order valence-corrected chi connectivity index (χ4v) is 4.45. The summed E-state index contributed by atoms with van der Waals surface area (Å²) in [5.41, 5.74) is 5.79. The molecule has 124 valence electrons. The van der Waals surface area contributed by atoms with Crippen LogP contribution in [0.15, 0.2) is 0 Å². The Morgan fingerprint density at radius 2 is 1.33 bits per heavy atom. The van der Waals surface area contributed by atoms with Crippen molar-refractivity contribution in [1.29, 1.82) is 0 Å². The van der Waals surface area contributed by atoms with Gasteiger partial charge in [0.2, 0.25) is 0 Å². The lowest BCUT2D eigenvalue weighted by atomic mass is 10.1. The SMILES string of the molecule is CN1CCN(S(=O)(=O)N2CCN(CC(C)(C)N)CC2)CC1. The van der Waals surface area contributed by atoms with Gasteiger partial charge in [0.05, 0.1) is 0 Å². The Morgan fingerprint density at radius 3 is 1.76 bits per heavy atom. The highest BCUT2D eigenvalue weighted by atomic mass is 32.2. The summed E-state index contributed by atoms with van der Waals surface area (Å²) in [5, 5.41) is 0. The normalized spacial score (nSPS) is 25.3. The summed E-state index contributed by atoms with van der Waals surface area (Å²) in [5.74, 6) is 0. The molecule has 0 saturated carbocycles. The van der Waals surface area contributed by atoms with E-state index in [2.05, 4.69) is 9.80 Å². The first kappa shape index (κ1) is 17.1. The Kier molecular flexibility index (Phi) is 5.27. The molecule has 0 amide bonds. The number of hydrogen-bond acceptors (Lipinski definition) is 5. The van der Waals surface area contributed by atoms with Crippen LogP contribution >= 0.6 is 0 Å². The number of rotatable bonds is 4. The molecule has 0 aromatic carbocycles. The second-order valence-electron chi connectivity index (χ2n) is 6.87. The van der Waals surface area contributed by atoms with Crippen LogP contribution in [0.3, 0.4) is 0 Å². The van der Waals surface area contributed by atoms with Gasteiger partial charge in [0.15, 0.2) is 0 Å². The lowest BCUT2D eigenvalue weighted by molar-refractivity contribution is 0.151. The van der Waals surface area contributed by atoms with Gasteiger partial charge in [-0.2, -0.15) is 17.0 Å². The zero-order chi connectivity index (χ0) is 15.7. The summed E-state index contributed by atoms with van der Waals surface area (Å²) in [4.78, 5) is 4.41. The minimum absolute atomic E-state index is 0.238. The van der Waals surface area contributed by atoms with Crippen molar-refractivity contribution >= 4 is 10.2 Å². The van der Waals surface area contributed by atoms with Crippen LogP contribution < -0.4 is 5.73 Å². The molecule has 0 aliphatic carbocycles. The molecule has 2 N–H and O–H groups in total. The van der Waals surface area contributed by atoms with Crippen LogP contribution in [0, 0.1) is 0 Å². The van der Waals surface area contributed by atoms with Gasteiger partial charge < -0.3 is 10.6 Å². The quantitative estimate of drug-likeness (QED) is 0.707. The maximum absolute atomic E-state index is 12.6. The fraction of sp³-hybridized carbons (Fsp3) is 1.00. The van der Waals surface area contributed by atoms with Crippen molar-refractivity contribution in [2.45, 2.75) is 19.4 Å². The van der Waals surface area contributed by atoms with Crippen molar-refractivity contribution < 1.29 is 8.42 Å². The van der Waals surface area contributed by atoms with Crippen LogP contribution in [-0.2, 0) is 10.2 Å².